The van der Waals surface area contributed by atoms with Crippen molar-refractivity contribution in [3.8, 4) is 11.5 Å². The van der Waals surface area contributed by atoms with Gasteiger partial charge in [0.25, 0.3) is 0 Å². The highest BCUT2D eigenvalue weighted by atomic mass is 35.5. The second-order valence-corrected chi connectivity index (χ2v) is 8.31. The average molecular weight is 477 g/mol. The van der Waals surface area contributed by atoms with Gasteiger partial charge in [-0.2, -0.15) is 13.2 Å². The minimum absolute atomic E-state index is 0.216. The Labute approximate surface area is 196 Å². The third-order valence-electron chi connectivity index (χ3n) is 5.59. The molecule has 8 heteroatoms. The van der Waals surface area contributed by atoms with E-state index in [1.807, 2.05) is 24.3 Å². The lowest BCUT2D eigenvalue weighted by molar-refractivity contribution is -0.137. The Hall–Kier alpha value is -2.74. The quantitative estimate of drug-likeness (QED) is 0.382. The Kier molecular flexibility index (Phi) is 7.12. The van der Waals surface area contributed by atoms with Gasteiger partial charge in [0.05, 0.1) is 24.9 Å². The summed E-state index contributed by atoms with van der Waals surface area (Å²) in [6.07, 6.45) is -4.38. The van der Waals surface area contributed by atoms with E-state index in [-0.39, 0.29) is 6.04 Å². The number of alkyl halides is 3. The molecule has 1 aliphatic rings. The van der Waals surface area contributed by atoms with E-state index in [1.165, 1.54) is 12.1 Å². The third-order valence-corrected chi connectivity index (χ3v) is 5.84. The fourth-order valence-corrected chi connectivity index (χ4v) is 4.04. The first kappa shape index (κ1) is 23.4. The number of rotatable bonds is 7. The zero-order valence-electron chi connectivity index (χ0n) is 18.1. The standard InChI is InChI=1S/C25H24ClF3N2O2/c1-32-14-13-30-16-24(18-3-2-4-19(15-18)25(27,28)29)31(17-30)21-7-11-23(12-8-21)33-22-9-5-20(26)6-10-22/h2-12,15,24H,13-14,16-17H2,1H3. The number of ether oxygens (including phenoxy) is 2. The summed E-state index contributed by atoms with van der Waals surface area (Å²) in [5.41, 5.74) is 0.897. The molecule has 1 unspecified atom stereocenters. The molecular weight excluding hydrogens is 453 g/mol. The predicted octanol–water partition coefficient (Wildman–Crippen LogP) is 6.62. The normalized spacial score (nSPS) is 16.9. The van der Waals surface area contributed by atoms with E-state index in [2.05, 4.69) is 9.80 Å². The summed E-state index contributed by atoms with van der Waals surface area (Å²) < 4.78 is 51.0. The van der Waals surface area contributed by atoms with Gasteiger partial charge in [-0.3, -0.25) is 4.90 Å². The molecular formula is C25H24ClF3N2O2. The molecule has 1 fully saturated rings. The van der Waals surface area contributed by atoms with Crippen LogP contribution in [-0.4, -0.2) is 38.4 Å². The van der Waals surface area contributed by atoms with Crippen molar-refractivity contribution in [2.75, 3.05) is 38.4 Å². The maximum atomic E-state index is 13.3. The zero-order chi connectivity index (χ0) is 23.4. The number of methoxy groups -OCH3 is 1. The van der Waals surface area contributed by atoms with Gasteiger partial charge in [-0.1, -0.05) is 23.7 Å². The monoisotopic (exact) mass is 476 g/mol. The molecule has 0 N–H and O–H groups in total. The van der Waals surface area contributed by atoms with Crippen molar-refractivity contribution in [2.45, 2.75) is 12.2 Å². The number of hydrogen-bond donors (Lipinski definition) is 0. The molecule has 33 heavy (non-hydrogen) atoms. The molecule has 0 aromatic heterocycles. The van der Waals surface area contributed by atoms with Crippen LogP contribution in [0, 0.1) is 0 Å². The van der Waals surface area contributed by atoms with Crippen molar-refractivity contribution in [1.82, 2.24) is 4.90 Å². The number of nitrogens with zero attached hydrogens (tertiary/aromatic N) is 2. The largest absolute Gasteiger partial charge is 0.457 e. The summed E-state index contributed by atoms with van der Waals surface area (Å²) in [4.78, 5) is 4.28. The summed E-state index contributed by atoms with van der Waals surface area (Å²) in [6.45, 7) is 2.44. The molecule has 0 amide bonds. The van der Waals surface area contributed by atoms with Crippen LogP contribution < -0.4 is 9.64 Å². The van der Waals surface area contributed by atoms with Crippen LogP contribution in [0.2, 0.25) is 5.02 Å². The first-order chi connectivity index (χ1) is 15.8. The molecule has 4 rings (SSSR count). The molecule has 1 heterocycles. The van der Waals surface area contributed by atoms with Crippen molar-refractivity contribution in [3.05, 3.63) is 88.9 Å². The van der Waals surface area contributed by atoms with Crippen LogP contribution in [0.25, 0.3) is 0 Å². The van der Waals surface area contributed by atoms with Gasteiger partial charge < -0.3 is 14.4 Å². The minimum Gasteiger partial charge on any atom is -0.457 e. The highest BCUT2D eigenvalue weighted by Crippen LogP contribution is 2.37. The van der Waals surface area contributed by atoms with E-state index in [9.17, 15) is 13.2 Å². The molecule has 1 atom stereocenters. The fourth-order valence-electron chi connectivity index (χ4n) is 3.91. The van der Waals surface area contributed by atoms with Gasteiger partial charge in [-0.15, -0.1) is 0 Å². The smallest absolute Gasteiger partial charge is 0.416 e. The summed E-state index contributed by atoms with van der Waals surface area (Å²) in [5, 5.41) is 0.630. The fraction of sp³-hybridized carbons (Fsp3) is 0.280. The third kappa shape index (κ3) is 5.79. The number of halogens is 4. The first-order valence-corrected chi connectivity index (χ1v) is 10.9. The second kappa shape index (κ2) is 10.0. The number of anilines is 1. The van der Waals surface area contributed by atoms with Crippen LogP contribution in [0.4, 0.5) is 18.9 Å². The summed E-state index contributed by atoms with van der Waals surface area (Å²) in [5.74, 6) is 1.33. The van der Waals surface area contributed by atoms with E-state index in [1.54, 1.807) is 37.4 Å². The van der Waals surface area contributed by atoms with E-state index < -0.39 is 11.7 Å². The predicted molar refractivity (Wildman–Crippen MR) is 123 cm³/mol. The van der Waals surface area contributed by atoms with Crippen LogP contribution in [-0.2, 0) is 10.9 Å². The van der Waals surface area contributed by atoms with E-state index in [4.69, 9.17) is 21.1 Å². The number of benzene rings is 3. The molecule has 0 aliphatic carbocycles. The molecule has 1 saturated heterocycles. The zero-order valence-corrected chi connectivity index (χ0v) is 18.8. The average Bonchev–Trinajstić information content (AvgIpc) is 3.23. The summed E-state index contributed by atoms with van der Waals surface area (Å²) >= 11 is 5.92. The van der Waals surface area contributed by atoms with Gasteiger partial charge >= 0.3 is 6.18 Å². The molecule has 3 aromatic rings. The molecule has 3 aromatic carbocycles. The minimum atomic E-state index is -4.38. The second-order valence-electron chi connectivity index (χ2n) is 7.87. The van der Waals surface area contributed by atoms with Crippen molar-refractivity contribution in [1.29, 1.82) is 0 Å². The first-order valence-electron chi connectivity index (χ1n) is 10.5. The number of hydrogen-bond acceptors (Lipinski definition) is 4. The molecule has 0 radical (unpaired) electrons. The Bertz CT molecular complexity index is 1060. The lowest BCUT2D eigenvalue weighted by Crippen LogP contribution is -2.28. The Morgan fingerprint density at radius 3 is 2.27 bits per heavy atom. The summed E-state index contributed by atoms with van der Waals surface area (Å²) in [7, 11) is 1.64. The van der Waals surface area contributed by atoms with Gasteiger partial charge in [-0.25, -0.2) is 0 Å². The van der Waals surface area contributed by atoms with Crippen LogP contribution >= 0.6 is 11.6 Å². The molecule has 174 valence electrons. The Morgan fingerprint density at radius 1 is 0.970 bits per heavy atom. The van der Waals surface area contributed by atoms with Crippen molar-refractivity contribution in [3.63, 3.8) is 0 Å². The summed E-state index contributed by atoms with van der Waals surface area (Å²) in [6, 6.07) is 20.0. The lowest BCUT2D eigenvalue weighted by Gasteiger charge is -2.27. The van der Waals surface area contributed by atoms with Crippen molar-refractivity contribution < 1.29 is 22.6 Å². The van der Waals surface area contributed by atoms with Gasteiger partial charge in [0.15, 0.2) is 0 Å². The Balaban J connectivity index is 1.57. The van der Waals surface area contributed by atoms with Crippen molar-refractivity contribution in [2.24, 2.45) is 0 Å². The Morgan fingerprint density at radius 2 is 1.64 bits per heavy atom. The molecule has 0 saturated carbocycles. The van der Waals surface area contributed by atoms with Gasteiger partial charge in [0.1, 0.15) is 11.5 Å². The van der Waals surface area contributed by atoms with Crippen LogP contribution in [0.5, 0.6) is 11.5 Å². The van der Waals surface area contributed by atoms with Crippen LogP contribution in [0.1, 0.15) is 17.2 Å². The lowest BCUT2D eigenvalue weighted by atomic mass is 10.0. The maximum Gasteiger partial charge on any atom is 0.416 e. The van der Waals surface area contributed by atoms with E-state index >= 15 is 0 Å². The molecule has 1 aliphatic heterocycles. The van der Waals surface area contributed by atoms with Crippen molar-refractivity contribution >= 4 is 17.3 Å². The van der Waals surface area contributed by atoms with Gasteiger partial charge in [0.2, 0.25) is 0 Å². The van der Waals surface area contributed by atoms with E-state index in [0.29, 0.717) is 48.5 Å². The molecule has 0 spiro atoms. The highest BCUT2D eigenvalue weighted by Gasteiger charge is 2.35. The van der Waals surface area contributed by atoms with Crippen LogP contribution in [0.3, 0.4) is 0 Å². The highest BCUT2D eigenvalue weighted by molar-refractivity contribution is 6.30. The van der Waals surface area contributed by atoms with Gasteiger partial charge in [-0.05, 0) is 66.2 Å². The molecule has 4 nitrogen and oxygen atoms in total. The molecule has 0 bridgehead atoms. The maximum absolute atomic E-state index is 13.3. The topological polar surface area (TPSA) is 24.9 Å². The van der Waals surface area contributed by atoms with Gasteiger partial charge in [0, 0.05) is 30.9 Å². The van der Waals surface area contributed by atoms with Crippen LogP contribution in [0.15, 0.2) is 72.8 Å². The SMILES string of the molecule is COCCN1CC(c2cccc(C(F)(F)F)c2)N(c2ccc(Oc3ccc(Cl)cc3)cc2)C1. The van der Waals surface area contributed by atoms with E-state index in [0.717, 1.165) is 11.8 Å².